The van der Waals surface area contributed by atoms with Crippen molar-refractivity contribution in [1.29, 1.82) is 0 Å². The summed E-state index contributed by atoms with van der Waals surface area (Å²) in [5.74, 6) is 0. The van der Waals surface area contributed by atoms with Crippen LogP contribution in [0.1, 0.15) is 0 Å². The Hall–Kier alpha value is -0.300. The molecule has 4 atom stereocenters. The molecule has 0 heterocycles. The largest absolute Gasteiger partial charge is 0.388 e. The Morgan fingerprint density at radius 3 is 2.29 bits per heavy atom. The highest BCUT2D eigenvalue weighted by Crippen LogP contribution is 2.36. The maximum atomic E-state index is 10.6. The van der Waals surface area contributed by atoms with E-state index in [9.17, 15) is 9.36 Å². The molecule has 0 aromatic heterocycles. The Labute approximate surface area is 80.5 Å². The third kappa shape index (κ3) is 5.43. The Morgan fingerprint density at radius 1 is 1.43 bits per heavy atom. The molecule has 0 radical (unpaired) electrons. The molecule has 8 heteroatoms. The van der Waals surface area contributed by atoms with Gasteiger partial charge in [0.25, 0.3) is 0 Å². The summed E-state index contributed by atoms with van der Waals surface area (Å²) in [5, 5.41) is 26.8. The number of rotatable bonds is 6. The second-order valence-corrected chi connectivity index (χ2v) is 4.65. The lowest BCUT2D eigenvalue weighted by Crippen LogP contribution is -2.40. The van der Waals surface area contributed by atoms with Gasteiger partial charge in [-0.3, -0.25) is 4.57 Å². The van der Waals surface area contributed by atoms with Crippen molar-refractivity contribution in [3.8, 4) is 0 Å². The molecule has 0 aromatic rings. The average molecular weight is 228 g/mol. The number of aliphatic hydroxyl groups excluding tert-OH is 3. The van der Waals surface area contributed by atoms with Crippen LogP contribution in [-0.4, -0.2) is 58.1 Å². The summed E-state index contributed by atoms with van der Waals surface area (Å²) in [4.78, 5) is 18.6. The van der Waals surface area contributed by atoms with Gasteiger partial charge >= 0.3 is 7.60 Å². The van der Waals surface area contributed by atoms with Crippen LogP contribution in [0.25, 0.3) is 0 Å². The number of aldehydes is 1. The predicted octanol–water partition coefficient (Wildman–Crippen LogP) is -1.90. The summed E-state index contributed by atoms with van der Waals surface area (Å²) in [7, 11) is -3.74. The van der Waals surface area contributed by atoms with Crippen molar-refractivity contribution in [3.63, 3.8) is 0 Å². The van der Waals surface area contributed by atoms with Gasteiger partial charge in [0, 0.05) is 6.66 Å². The molecule has 0 aliphatic heterocycles. The fourth-order valence-corrected chi connectivity index (χ4v) is 1.05. The standard InChI is InChI=1S/C6H13O7P/c1-14(11,12)13-3-5(9)6(10)4(8)2-7/h2,4-6,8-10H,3H2,1H3,(H,11,12)/t4-,5+,6-/m0/s1. The molecule has 0 saturated carbocycles. The first-order chi connectivity index (χ1) is 6.28. The monoisotopic (exact) mass is 228 g/mol. The van der Waals surface area contributed by atoms with Crippen LogP contribution in [0.2, 0.25) is 0 Å². The Bertz CT molecular complexity index is 224. The van der Waals surface area contributed by atoms with Gasteiger partial charge in [-0.05, 0) is 0 Å². The van der Waals surface area contributed by atoms with Gasteiger partial charge in [-0.1, -0.05) is 0 Å². The van der Waals surface area contributed by atoms with Crippen molar-refractivity contribution in [3.05, 3.63) is 0 Å². The highest BCUT2D eigenvalue weighted by atomic mass is 31.2. The van der Waals surface area contributed by atoms with Gasteiger partial charge < -0.3 is 29.5 Å². The summed E-state index contributed by atoms with van der Waals surface area (Å²) < 4.78 is 14.9. The second kappa shape index (κ2) is 5.55. The number of hydrogen-bond donors (Lipinski definition) is 4. The van der Waals surface area contributed by atoms with Crippen molar-refractivity contribution >= 4 is 13.9 Å². The zero-order valence-electron chi connectivity index (χ0n) is 7.48. The number of hydrogen-bond acceptors (Lipinski definition) is 6. The third-order valence-electron chi connectivity index (χ3n) is 1.37. The lowest BCUT2D eigenvalue weighted by atomic mass is 10.1. The lowest BCUT2D eigenvalue weighted by Gasteiger charge is -2.19. The number of aliphatic hydroxyl groups is 3. The summed E-state index contributed by atoms with van der Waals surface area (Å²) in [6.07, 6.45) is -5.04. The van der Waals surface area contributed by atoms with E-state index in [1.54, 1.807) is 0 Å². The Kier molecular flexibility index (Phi) is 5.43. The normalized spacial score (nSPS) is 22.1. The van der Waals surface area contributed by atoms with Crippen LogP contribution in [-0.2, 0) is 13.9 Å². The molecule has 0 amide bonds. The van der Waals surface area contributed by atoms with Gasteiger partial charge in [-0.15, -0.1) is 0 Å². The van der Waals surface area contributed by atoms with Gasteiger partial charge in [-0.25, -0.2) is 0 Å². The van der Waals surface area contributed by atoms with Crippen molar-refractivity contribution in [2.45, 2.75) is 18.3 Å². The third-order valence-corrected chi connectivity index (χ3v) is 2.00. The molecule has 0 aliphatic carbocycles. The van der Waals surface area contributed by atoms with Crippen LogP contribution < -0.4 is 0 Å². The smallest absolute Gasteiger partial charge is 0.325 e. The number of carbonyl (C=O) groups is 1. The fraction of sp³-hybridized carbons (Fsp3) is 0.833. The Morgan fingerprint density at radius 2 is 1.93 bits per heavy atom. The fourth-order valence-electron chi connectivity index (χ4n) is 0.621. The predicted molar refractivity (Wildman–Crippen MR) is 45.8 cm³/mol. The van der Waals surface area contributed by atoms with Crippen LogP contribution in [0, 0.1) is 0 Å². The Balaban J connectivity index is 4.02. The second-order valence-electron chi connectivity index (χ2n) is 2.78. The molecule has 0 spiro atoms. The van der Waals surface area contributed by atoms with Crippen molar-refractivity contribution in [2.75, 3.05) is 13.3 Å². The van der Waals surface area contributed by atoms with E-state index in [-0.39, 0.29) is 6.29 Å². The first-order valence-electron chi connectivity index (χ1n) is 3.72. The molecule has 0 bridgehead atoms. The van der Waals surface area contributed by atoms with Gasteiger partial charge in [-0.2, -0.15) is 0 Å². The highest BCUT2D eigenvalue weighted by molar-refractivity contribution is 7.51. The van der Waals surface area contributed by atoms with E-state index in [2.05, 4.69) is 4.52 Å². The zero-order chi connectivity index (χ0) is 11.4. The average Bonchev–Trinajstić information content (AvgIpc) is 2.10. The van der Waals surface area contributed by atoms with E-state index in [0.29, 0.717) is 0 Å². The van der Waals surface area contributed by atoms with Crippen molar-refractivity contribution < 1.29 is 34.1 Å². The summed E-state index contributed by atoms with van der Waals surface area (Å²) in [6.45, 7) is 0.262. The van der Waals surface area contributed by atoms with E-state index in [1.807, 2.05) is 0 Å². The molecule has 7 nitrogen and oxygen atoms in total. The summed E-state index contributed by atoms with van der Waals surface area (Å²) >= 11 is 0. The summed E-state index contributed by atoms with van der Waals surface area (Å²) in [6, 6.07) is 0. The summed E-state index contributed by atoms with van der Waals surface area (Å²) in [5.41, 5.74) is 0. The SMILES string of the molecule is CP(=O)(O)OC[C@@H](O)[C@@H](O)[C@@H](O)C=O. The topological polar surface area (TPSA) is 124 Å². The van der Waals surface area contributed by atoms with E-state index in [1.165, 1.54) is 0 Å². The molecule has 0 rings (SSSR count). The van der Waals surface area contributed by atoms with Crippen LogP contribution in [0.4, 0.5) is 0 Å². The quantitative estimate of drug-likeness (QED) is 0.309. The molecule has 4 N–H and O–H groups in total. The molecular weight excluding hydrogens is 215 g/mol. The molecule has 14 heavy (non-hydrogen) atoms. The zero-order valence-corrected chi connectivity index (χ0v) is 8.37. The van der Waals surface area contributed by atoms with Gasteiger partial charge in [0.05, 0.1) is 6.61 Å². The molecule has 1 unspecified atom stereocenters. The first-order valence-corrected chi connectivity index (χ1v) is 5.74. The molecule has 0 aliphatic rings. The molecular formula is C6H13O7P. The van der Waals surface area contributed by atoms with Crippen LogP contribution in [0.15, 0.2) is 0 Å². The molecule has 0 saturated heterocycles. The van der Waals surface area contributed by atoms with Gasteiger partial charge in [0.2, 0.25) is 0 Å². The van der Waals surface area contributed by atoms with E-state index >= 15 is 0 Å². The van der Waals surface area contributed by atoms with Crippen LogP contribution in [0.5, 0.6) is 0 Å². The van der Waals surface area contributed by atoms with Crippen molar-refractivity contribution in [2.24, 2.45) is 0 Å². The maximum absolute atomic E-state index is 10.6. The first kappa shape index (κ1) is 13.7. The highest BCUT2D eigenvalue weighted by Gasteiger charge is 2.26. The molecule has 0 fully saturated rings. The minimum Gasteiger partial charge on any atom is -0.388 e. The van der Waals surface area contributed by atoms with Gasteiger partial charge in [0.1, 0.15) is 18.3 Å². The van der Waals surface area contributed by atoms with E-state index < -0.39 is 32.5 Å². The van der Waals surface area contributed by atoms with Crippen LogP contribution >= 0.6 is 7.60 Å². The minimum atomic E-state index is -3.74. The van der Waals surface area contributed by atoms with Gasteiger partial charge in [0.15, 0.2) is 6.29 Å². The van der Waals surface area contributed by atoms with Crippen LogP contribution in [0.3, 0.4) is 0 Å². The number of carbonyl (C=O) groups excluding carboxylic acids is 1. The minimum absolute atomic E-state index is 0.0400. The lowest BCUT2D eigenvalue weighted by molar-refractivity contribution is -0.127. The van der Waals surface area contributed by atoms with Crippen molar-refractivity contribution in [1.82, 2.24) is 0 Å². The van der Waals surface area contributed by atoms with E-state index in [0.717, 1.165) is 6.66 Å². The molecule has 0 aromatic carbocycles. The molecule has 84 valence electrons. The maximum Gasteiger partial charge on any atom is 0.325 e. The van der Waals surface area contributed by atoms with E-state index in [4.69, 9.17) is 20.2 Å².